The number of benzene rings is 2. The van der Waals surface area contributed by atoms with Gasteiger partial charge in [0.25, 0.3) is 0 Å². The summed E-state index contributed by atoms with van der Waals surface area (Å²) in [6.07, 6.45) is 0.216. The maximum atomic E-state index is 12.6. The highest BCUT2D eigenvalue weighted by molar-refractivity contribution is 6.01. The zero-order chi connectivity index (χ0) is 20.8. The highest BCUT2D eigenvalue weighted by atomic mass is 16.5. The molecule has 0 spiro atoms. The van der Waals surface area contributed by atoms with Crippen molar-refractivity contribution in [3.05, 3.63) is 59.7 Å². The van der Waals surface area contributed by atoms with E-state index in [4.69, 9.17) is 4.74 Å². The van der Waals surface area contributed by atoms with E-state index in [1.54, 1.807) is 4.90 Å². The molecule has 1 N–H and O–H groups in total. The average molecular weight is 396 g/mol. The largest absolute Gasteiger partial charge is 0.492 e. The Hall–Kier alpha value is -2.86. The number of hydrogen-bond donors (Lipinski definition) is 1. The topological polar surface area (TPSA) is 61.9 Å². The molecule has 1 aliphatic heterocycles. The van der Waals surface area contributed by atoms with Gasteiger partial charge < -0.3 is 19.9 Å². The van der Waals surface area contributed by atoms with Crippen LogP contribution in [0.2, 0.25) is 0 Å². The molecule has 1 heterocycles. The van der Waals surface area contributed by atoms with Gasteiger partial charge in [0.2, 0.25) is 11.8 Å². The van der Waals surface area contributed by atoms with Crippen molar-refractivity contribution in [2.75, 3.05) is 32.1 Å². The molecule has 0 aliphatic carbocycles. The summed E-state index contributed by atoms with van der Waals surface area (Å²) in [5, 5.41) is 2.97. The maximum absolute atomic E-state index is 12.6. The summed E-state index contributed by atoms with van der Waals surface area (Å²) in [5.74, 6) is 0.171. The van der Waals surface area contributed by atoms with Gasteiger partial charge in [0, 0.05) is 26.1 Å². The number of nitrogens with zero attached hydrogens (tertiary/aromatic N) is 2. The van der Waals surface area contributed by atoms with Gasteiger partial charge in [-0.3, -0.25) is 9.59 Å². The number of carbonyl (C=O) groups excluding carboxylic acids is 2. The summed E-state index contributed by atoms with van der Waals surface area (Å²) < 4.78 is 5.63. The zero-order valence-electron chi connectivity index (χ0n) is 17.4. The van der Waals surface area contributed by atoms with Crippen LogP contribution >= 0.6 is 0 Å². The maximum Gasteiger partial charge on any atom is 0.227 e. The minimum atomic E-state index is -0.356. The van der Waals surface area contributed by atoms with Crippen LogP contribution < -0.4 is 15.0 Å². The molecular weight excluding hydrogens is 366 g/mol. The Bertz CT molecular complexity index is 849. The third-order valence-electron chi connectivity index (χ3n) is 4.94. The molecule has 1 saturated heterocycles. The van der Waals surface area contributed by atoms with Crippen molar-refractivity contribution < 1.29 is 14.3 Å². The smallest absolute Gasteiger partial charge is 0.227 e. The number of rotatable bonds is 8. The molecule has 1 fully saturated rings. The summed E-state index contributed by atoms with van der Waals surface area (Å²) >= 11 is 0. The number of anilines is 1. The normalized spacial score (nSPS) is 16.3. The van der Waals surface area contributed by atoms with Crippen LogP contribution in [0, 0.1) is 5.92 Å². The average Bonchev–Trinajstić information content (AvgIpc) is 3.09. The van der Waals surface area contributed by atoms with Crippen LogP contribution in [0.3, 0.4) is 0 Å². The molecule has 2 aromatic carbocycles. The first-order valence-electron chi connectivity index (χ1n) is 10.0. The van der Waals surface area contributed by atoms with Gasteiger partial charge in [-0.1, -0.05) is 36.4 Å². The zero-order valence-corrected chi connectivity index (χ0v) is 17.4. The van der Waals surface area contributed by atoms with Crippen LogP contribution in [0.25, 0.3) is 0 Å². The predicted octanol–water partition coefficient (Wildman–Crippen LogP) is 2.82. The summed E-state index contributed by atoms with van der Waals surface area (Å²) in [6.45, 7) is 4.15. The Morgan fingerprint density at radius 1 is 1.14 bits per heavy atom. The number of carbonyl (C=O) groups is 2. The predicted molar refractivity (Wildman–Crippen MR) is 114 cm³/mol. The SMILES string of the molecule is CCOc1ccccc1N1CC(C(=O)NCc2ccc(CN(C)C)cc2)CC1=O. The monoisotopic (exact) mass is 395 g/mol. The third-order valence-corrected chi connectivity index (χ3v) is 4.94. The van der Waals surface area contributed by atoms with Crippen LogP contribution in [0.1, 0.15) is 24.5 Å². The fourth-order valence-corrected chi connectivity index (χ4v) is 3.53. The van der Waals surface area contributed by atoms with E-state index in [1.807, 2.05) is 57.4 Å². The van der Waals surface area contributed by atoms with E-state index in [0.29, 0.717) is 25.4 Å². The highest BCUT2D eigenvalue weighted by Crippen LogP contribution is 2.33. The fraction of sp³-hybridized carbons (Fsp3) is 0.391. The summed E-state index contributed by atoms with van der Waals surface area (Å²) in [4.78, 5) is 28.9. The highest BCUT2D eigenvalue weighted by Gasteiger charge is 2.36. The first kappa shape index (κ1) is 20.9. The second kappa shape index (κ2) is 9.56. The van der Waals surface area contributed by atoms with E-state index in [9.17, 15) is 9.59 Å². The summed E-state index contributed by atoms with van der Waals surface area (Å²) in [5.41, 5.74) is 3.00. The van der Waals surface area contributed by atoms with Gasteiger partial charge in [0.05, 0.1) is 18.2 Å². The van der Waals surface area contributed by atoms with Crippen molar-refractivity contribution in [1.82, 2.24) is 10.2 Å². The van der Waals surface area contributed by atoms with E-state index < -0.39 is 0 Å². The van der Waals surface area contributed by atoms with Crippen molar-refractivity contribution in [2.24, 2.45) is 5.92 Å². The Morgan fingerprint density at radius 2 is 1.83 bits per heavy atom. The Balaban J connectivity index is 1.58. The number of amides is 2. The van der Waals surface area contributed by atoms with Crippen molar-refractivity contribution in [1.29, 1.82) is 0 Å². The Kier molecular flexibility index (Phi) is 6.88. The van der Waals surface area contributed by atoms with E-state index in [-0.39, 0.29) is 24.2 Å². The summed E-state index contributed by atoms with van der Waals surface area (Å²) in [6, 6.07) is 15.7. The molecule has 0 bridgehead atoms. The molecule has 2 amide bonds. The molecule has 3 rings (SSSR count). The standard InChI is InChI=1S/C23H29N3O3/c1-4-29-21-8-6-5-7-20(21)26-16-19(13-22(26)27)23(28)24-14-17-9-11-18(12-10-17)15-25(2)3/h5-12,19H,4,13-16H2,1-3H3,(H,24,28). The lowest BCUT2D eigenvalue weighted by atomic mass is 10.1. The molecule has 0 saturated carbocycles. The first-order valence-corrected chi connectivity index (χ1v) is 10.0. The van der Waals surface area contributed by atoms with Crippen LogP contribution in [0.15, 0.2) is 48.5 Å². The van der Waals surface area contributed by atoms with Gasteiger partial charge in [0.15, 0.2) is 0 Å². The van der Waals surface area contributed by atoms with Crippen LogP contribution in [-0.4, -0.2) is 44.0 Å². The Labute approximate surface area is 172 Å². The molecule has 29 heavy (non-hydrogen) atoms. The number of para-hydroxylation sites is 2. The molecule has 1 unspecified atom stereocenters. The minimum Gasteiger partial charge on any atom is -0.492 e. The molecule has 6 heteroatoms. The van der Waals surface area contributed by atoms with E-state index >= 15 is 0 Å². The van der Waals surface area contributed by atoms with Gasteiger partial charge >= 0.3 is 0 Å². The van der Waals surface area contributed by atoms with Crippen LogP contribution in [0.4, 0.5) is 5.69 Å². The summed E-state index contributed by atoms with van der Waals surface area (Å²) in [7, 11) is 4.07. The van der Waals surface area contributed by atoms with Crippen molar-refractivity contribution in [3.63, 3.8) is 0 Å². The van der Waals surface area contributed by atoms with Crippen molar-refractivity contribution >= 4 is 17.5 Å². The minimum absolute atomic E-state index is 0.0506. The molecule has 1 atom stereocenters. The number of ether oxygens (including phenoxy) is 1. The quantitative estimate of drug-likeness (QED) is 0.747. The molecule has 2 aromatic rings. The van der Waals surface area contributed by atoms with Gasteiger partial charge in [-0.15, -0.1) is 0 Å². The molecule has 154 valence electrons. The number of nitrogens with one attached hydrogen (secondary N) is 1. The van der Waals surface area contributed by atoms with Gasteiger partial charge in [-0.05, 0) is 44.3 Å². The van der Waals surface area contributed by atoms with E-state index in [2.05, 4.69) is 22.3 Å². The third kappa shape index (κ3) is 5.35. The number of hydrogen-bond acceptors (Lipinski definition) is 4. The second-order valence-electron chi connectivity index (χ2n) is 7.58. The molecular formula is C23H29N3O3. The fourth-order valence-electron chi connectivity index (χ4n) is 3.53. The first-order chi connectivity index (χ1) is 14.0. The molecule has 0 radical (unpaired) electrons. The van der Waals surface area contributed by atoms with E-state index in [0.717, 1.165) is 17.8 Å². The van der Waals surface area contributed by atoms with Gasteiger partial charge in [-0.2, -0.15) is 0 Å². The van der Waals surface area contributed by atoms with E-state index in [1.165, 1.54) is 5.56 Å². The molecule has 1 aliphatic rings. The van der Waals surface area contributed by atoms with Crippen molar-refractivity contribution in [2.45, 2.75) is 26.4 Å². The van der Waals surface area contributed by atoms with Gasteiger partial charge in [-0.25, -0.2) is 0 Å². The lowest BCUT2D eigenvalue weighted by Gasteiger charge is -2.20. The van der Waals surface area contributed by atoms with Gasteiger partial charge in [0.1, 0.15) is 5.75 Å². The molecule has 6 nitrogen and oxygen atoms in total. The lowest BCUT2D eigenvalue weighted by Crippen LogP contribution is -2.32. The Morgan fingerprint density at radius 3 is 2.52 bits per heavy atom. The van der Waals surface area contributed by atoms with Crippen molar-refractivity contribution in [3.8, 4) is 5.75 Å². The molecule has 0 aromatic heterocycles. The second-order valence-corrected chi connectivity index (χ2v) is 7.58. The lowest BCUT2D eigenvalue weighted by molar-refractivity contribution is -0.126. The van der Waals surface area contributed by atoms with Crippen LogP contribution in [-0.2, 0) is 22.7 Å². The van der Waals surface area contributed by atoms with Crippen LogP contribution in [0.5, 0.6) is 5.75 Å².